The predicted molar refractivity (Wildman–Crippen MR) is 52.8 cm³/mol. The lowest BCUT2D eigenvalue weighted by Crippen LogP contribution is -2.12. The lowest BCUT2D eigenvalue weighted by atomic mass is 9.82. The van der Waals surface area contributed by atoms with Gasteiger partial charge in [0.2, 0.25) is 0 Å². The topological polar surface area (TPSA) is 0 Å². The molecule has 0 aromatic rings. The molecule has 0 heterocycles. The zero-order valence-electron chi connectivity index (χ0n) is 8.69. The molecule has 0 aromatic carbocycles. The van der Waals surface area contributed by atoms with E-state index in [0.29, 0.717) is 0 Å². The van der Waals surface area contributed by atoms with Crippen molar-refractivity contribution < 1.29 is 0 Å². The monoisotopic (exact) mass is 156 g/mol. The molecule has 1 saturated carbocycles. The highest BCUT2D eigenvalue weighted by Gasteiger charge is 2.15. The molecule has 1 fully saturated rings. The third-order valence-corrected chi connectivity index (χ3v) is 2.54. The van der Waals surface area contributed by atoms with Gasteiger partial charge in [-0.05, 0) is 11.8 Å². The van der Waals surface area contributed by atoms with E-state index in [0.717, 1.165) is 11.8 Å². The molecule has 0 radical (unpaired) electrons. The van der Waals surface area contributed by atoms with E-state index >= 15 is 0 Å². The van der Waals surface area contributed by atoms with Crippen LogP contribution in [0, 0.1) is 11.8 Å². The highest BCUT2D eigenvalue weighted by Crippen LogP contribution is 2.28. The van der Waals surface area contributed by atoms with Gasteiger partial charge >= 0.3 is 0 Å². The van der Waals surface area contributed by atoms with Crippen molar-refractivity contribution in [3.8, 4) is 0 Å². The van der Waals surface area contributed by atoms with Crippen LogP contribution in [0.5, 0.6) is 0 Å². The van der Waals surface area contributed by atoms with Gasteiger partial charge in [-0.15, -0.1) is 0 Å². The van der Waals surface area contributed by atoms with Crippen molar-refractivity contribution in [3.05, 3.63) is 0 Å². The number of hydrogen-bond acceptors (Lipinski definition) is 0. The number of rotatable bonds is 0. The van der Waals surface area contributed by atoms with Gasteiger partial charge in [0.15, 0.2) is 0 Å². The molecule has 0 nitrogen and oxygen atoms in total. The Balaban J connectivity index is 0.000000292. The minimum absolute atomic E-state index is 1.00. The molecule has 1 aliphatic rings. The standard InChI is InChI=1S/C8H16.C3H8/c1-7-5-3-4-6-8(7)2;1-3-2/h7-8H,3-6H2,1-2H3;3H2,1-2H3/t7-,8?;/m1./s1. The molecule has 1 aliphatic carbocycles. The summed E-state index contributed by atoms with van der Waals surface area (Å²) in [6.07, 6.45) is 7.15. The molecule has 0 amide bonds. The average Bonchev–Trinajstić information content (AvgIpc) is 1.97. The molecule has 0 N–H and O–H groups in total. The molecule has 0 heteroatoms. The maximum atomic E-state index is 2.38. The fourth-order valence-corrected chi connectivity index (χ4v) is 1.50. The van der Waals surface area contributed by atoms with Crippen LogP contribution in [0.2, 0.25) is 0 Å². The molecule has 2 atom stereocenters. The van der Waals surface area contributed by atoms with E-state index in [2.05, 4.69) is 27.7 Å². The van der Waals surface area contributed by atoms with E-state index in [4.69, 9.17) is 0 Å². The summed E-state index contributed by atoms with van der Waals surface area (Å²) < 4.78 is 0. The Morgan fingerprint density at radius 3 is 1.36 bits per heavy atom. The maximum absolute atomic E-state index is 2.38. The van der Waals surface area contributed by atoms with E-state index in [1.807, 2.05) is 0 Å². The second-order valence-corrected chi connectivity index (χ2v) is 3.95. The minimum atomic E-state index is 1.00. The summed E-state index contributed by atoms with van der Waals surface area (Å²) in [7, 11) is 0. The summed E-state index contributed by atoms with van der Waals surface area (Å²) in [6.45, 7) is 9.01. The van der Waals surface area contributed by atoms with Crippen molar-refractivity contribution in [3.63, 3.8) is 0 Å². The highest BCUT2D eigenvalue weighted by atomic mass is 14.2. The molecule has 0 saturated heterocycles. The molecular weight excluding hydrogens is 132 g/mol. The molecule has 68 valence electrons. The summed E-state index contributed by atoms with van der Waals surface area (Å²) >= 11 is 0. The van der Waals surface area contributed by atoms with Crippen LogP contribution in [0.4, 0.5) is 0 Å². The first-order chi connectivity index (χ1) is 5.22. The lowest BCUT2D eigenvalue weighted by Gasteiger charge is -2.24. The van der Waals surface area contributed by atoms with Gasteiger partial charge in [0.05, 0.1) is 0 Å². The summed E-state index contributed by atoms with van der Waals surface area (Å²) in [5.74, 6) is 2.01. The first kappa shape index (κ1) is 11.0. The Morgan fingerprint density at radius 2 is 1.18 bits per heavy atom. The van der Waals surface area contributed by atoms with Crippen LogP contribution in [0.25, 0.3) is 0 Å². The smallest absolute Gasteiger partial charge is 0.0417 e. The first-order valence-corrected chi connectivity index (χ1v) is 5.22. The summed E-state index contributed by atoms with van der Waals surface area (Å²) in [6, 6.07) is 0. The van der Waals surface area contributed by atoms with Gasteiger partial charge in [0, 0.05) is 0 Å². The second kappa shape index (κ2) is 6.69. The molecule has 0 aliphatic heterocycles. The summed E-state index contributed by atoms with van der Waals surface area (Å²) in [5, 5.41) is 0. The van der Waals surface area contributed by atoms with E-state index in [-0.39, 0.29) is 0 Å². The Morgan fingerprint density at radius 1 is 0.909 bits per heavy atom. The van der Waals surface area contributed by atoms with E-state index < -0.39 is 0 Å². The summed E-state index contributed by atoms with van der Waals surface area (Å²) in [4.78, 5) is 0. The van der Waals surface area contributed by atoms with Crippen molar-refractivity contribution in [2.75, 3.05) is 0 Å². The first-order valence-electron chi connectivity index (χ1n) is 5.22. The van der Waals surface area contributed by atoms with Crippen molar-refractivity contribution in [1.29, 1.82) is 0 Å². The van der Waals surface area contributed by atoms with Crippen LogP contribution in [0.3, 0.4) is 0 Å². The van der Waals surface area contributed by atoms with Crippen molar-refractivity contribution >= 4 is 0 Å². The van der Waals surface area contributed by atoms with Crippen molar-refractivity contribution in [2.45, 2.75) is 59.8 Å². The third-order valence-electron chi connectivity index (χ3n) is 2.54. The van der Waals surface area contributed by atoms with Crippen LogP contribution in [0.1, 0.15) is 59.8 Å². The molecule has 11 heavy (non-hydrogen) atoms. The van der Waals surface area contributed by atoms with Crippen LogP contribution in [-0.4, -0.2) is 0 Å². The molecular formula is C11H24. The third kappa shape index (κ3) is 5.29. The Kier molecular flexibility index (Phi) is 6.69. The fourth-order valence-electron chi connectivity index (χ4n) is 1.50. The van der Waals surface area contributed by atoms with Gasteiger partial charge in [-0.25, -0.2) is 0 Å². The maximum Gasteiger partial charge on any atom is -0.0417 e. The SMILES string of the molecule is CC1CCCC[C@H]1C.CCC. The van der Waals surface area contributed by atoms with E-state index in [1.54, 1.807) is 0 Å². The minimum Gasteiger partial charge on any atom is -0.0656 e. The van der Waals surface area contributed by atoms with Gasteiger partial charge in [0.25, 0.3) is 0 Å². The van der Waals surface area contributed by atoms with Gasteiger partial charge in [0.1, 0.15) is 0 Å². The van der Waals surface area contributed by atoms with Crippen LogP contribution >= 0.6 is 0 Å². The van der Waals surface area contributed by atoms with Gasteiger partial charge in [-0.2, -0.15) is 0 Å². The van der Waals surface area contributed by atoms with Crippen LogP contribution in [0.15, 0.2) is 0 Å². The van der Waals surface area contributed by atoms with E-state index in [1.165, 1.54) is 32.1 Å². The van der Waals surface area contributed by atoms with Gasteiger partial charge < -0.3 is 0 Å². The normalized spacial score (nSPS) is 30.5. The van der Waals surface area contributed by atoms with Gasteiger partial charge in [-0.1, -0.05) is 59.8 Å². The Bertz CT molecular complexity index is 66.1. The average molecular weight is 156 g/mol. The molecule has 0 spiro atoms. The molecule has 1 unspecified atom stereocenters. The van der Waals surface area contributed by atoms with E-state index in [9.17, 15) is 0 Å². The molecule has 0 aromatic heterocycles. The molecule has 1 rings (SSSR count). The Hall–Kier alpha value is 0. The van der Waals surface area contributed by atoms with Crippen LogP contribution < -0.4 is 0 Å². The quantitative estimate of drug-likeness (QED) is 0.492. The molecule has 0 bridgehead atoms. The van der Waals surface area contributed by atoms with Crippen molar-refractivity contribution in [1.82, 2.24) is 0 Å². The van der Waals surface area contributed by atoms with Crippen LogP contribution in [-0.2, 0) is 0 Å². The largest absolute Gasteiger partial charge is 0.0656 e. The zero-order chi connectivity index (χ0) is 8.69. The second-order valence-electron chi connectivity index (χ2n) is 3.95. The number of hydrogen-bond donors (Lipinski definition) is 0. The van der Waals surface area contributed by atoms with Gasteiger partial charge in [-0.3, -0.25) is 0 Å². The van der Waals surface area contributed by atoms with Crippen molar-refractivity contribution in [2.24, 2.45) is 11.8 Å². The highest BCUT2D eigenvalue weighted by molar-refractivity contribution is 4.67. The lowest BCUT2D eigenvalue weighted by molar-refractivity contribution is 0.277. The summed E-state index contributed by atoms with van der Waals surface area (Å²) in [5.41, 5.74) is 0. The zero-order valence-corrected chi connectivity index (χ0v) is 8.69. The Labute approximate surface area is 72.4 Å². The predicted octanol–water partition coefficient (Wildman–Crippen LogP) is 4.25. The fraction of sp³-hybridized carbons (Fsp3) is 1.00.